The molecule has 3 rings (SSSR count). The van der Waals surface area contributed by atoms with E-state index in [-0.39, 0.29) is 13.4 Å². The van der Waals surface area contributed by atoms with Crippen LogP contribution in [0.1, 0.15) is 10.4 Å². The third kappa shape index (κ3) is 3.37. The number of esters is 1. The Kier molecular flexibility index (Phi) is 4.13. The quantitative estimate of drug-likeness (QED) is 0.633. The summed E-state index contributed by atoms with van der Waals surface area (Å²) in [6.45, 7) is 0.438. The Balaban J connectivity index is 1.63. The number of thiophene rings is 1. The highest BCUT2D eigenvalue weighted by Gasteiger charge is 2.17. The van der Waals surface area contributed by atoms with Crippen molar-refractivity contribution in [3.05, 3.63) is 51.2 Å². The van der Waals surface area contributed by atoms with Gasteiger partial charge in [-0.2, -0.15) is 0 Å². The molecule has 4 nitrogen and oxygen atoms in total. The zero-order valence-electron chi connectivity index (χ0n) is 10.9. The van der Waals surface area contributed by atoms with Gasteiger partial charge in [-0.3, -0.25) is 0 Å². The molecule has 0 bridgehead atoms. The summed E-state index contributed by atoms with van der Waals surface area (Å²) in [5, 5.41) is 2.39. The third-order valence-electron chi connectivity index (χ3n) is 2.80. The van der Waals surface area contributed by atoms with Gasteiger partial charge in [0.2, 0.25) is 6.79 Å². The number of carbonyl (C=O) groups excluding carboxylic acids is 1. The first-order valence-electron chi connectivity index (χ1n) is 6.19. The molecule has 0 unspecified atom stereocenters. The molecule has 0 N–H and O–H groups in total. The smallest absolute Gasteiger partial charge is 0.331 e. The van der Waals surface area contributed by atoms with E-state index in [1.54, 1.807) is 29.5 Å². The van der Waals surface area contributed by atoms with E-state index < -0.39 is 5.97 Å². The molecule has 108 valence electrons. The van der Waals surface area contributed by atoms with Gasteiger partial charge in [-0.05, 0) is 35.2 Å². The number of hydrogen-bond acceptors (Lipinski definition) is 5. The maximum atomic E-state index is 11.6. The van der Waals surface area contributed by atoms with Crippen LogP contribution in [0.15, 0.2) is 35.7 Å². The lowest BCUT2D eigenvalue weighted by molar-refractivity contribution is -0.138. The van der Waals surface area contributed by atoms with Gasteiger partial charge < -0.3 is 14.2 Å². The van der Waals surface area contributed by atoms with E-state index in [1.165, 1.54) is 6.08 Å². The fraction of sp³-hybridized carbons (Fsp3) is 0.133. The largest absolute Gasteiger partial charge is 0.457 e. The summed E-state index contributed by atoms with van der Waals surface area (Å²) in [5.74, 6) is 0.709. The molecule has 2 aromatic rings. The molecule has 0 amide bonds. The minimum atomic E-state index is -0.405. The molecule has 0 radical (unpaired) electrons. The molecular formula is C15H11ClO4S. The van der Waals surface area contributed by atoms with Gasteiger partial charge in [-0.15, -0.1) is 11.3 Å². The fourth-order valence-electron chi connectivity index (χ4n) is 1.83. The van der Waals surface area contributed by atoms with Crippen molar-refractivity contribution in [3.8, 4) is 11.5 Å². The summed E-state index contributed by atoms with van der Waals surface area (Å²) in [4.78, 5) is 12.6. The number of rotatable bonds is 4. The highest BCUT2D eigenvalue weighted by Crippen LogP contribution is 2.40. The lowest BCUT2D eigenvalue weighted by atomic mass is 10.2. The van der Waals surface area contributed by atoms with Crippen molar-refractivity contribution in [1.29, 1.82) is 0 Å². The van der Waals surface area contributed by atoms with Crippen LogP contribution in [0.4, 0.5) is 0 Å². The van der Waals surface area contributed by atoms with Crippen molar-refractivity contribution in [2.75, 3.05) is 6.79 Å². The number of ether oxygens (including phenoxy) is 3. The number of benzene rings is 1. The van der Waals surface area contributed by atoms with Crippen LogP contribution in [-0.4, -0.2) is 12.8 Å². The van der Waals surface area contributed by atoms with Crippen LogP contribution in [0.2, 0.25) is 5.02 Å². The zero-order chi connectivity index (χ0) is 14.7. The second-order valence-corrected chi connectivity index (χ2v) is 5.70. The van der Waals surface area contributed by atoms with Crippen LogP contribution < -0.4 is 9.47 Å². The molecule has 0 spiro atoms. The van der Waals surface area contributed by atoms with Gasteiger partial charge in [0, 0.05) is 11.0 Å². The minimum absolute atomic E-state index is 0.158. The van der Waals surface area contributed by atoms with E-state index in [9.17, 15) is 4.79 Å². The van der Waals surface area contributed by atoms with Gasteiger partial charge in [-0.25, -0.2) is 4.79 Å². The normalized spacial score (nSPS) is 12.8. The van der Waals surface area contributed by atoms with Gasteiger partial charge in [0.15, 0.2) is 11.5 Å². The summed E-state index contributed by atoms with van der Waals surface area (Å²) in [6.07, 6.45) is 2.99. The number of carbonyl (C=O) groups is 1. The number of fused-ring (bicyclic) bond motifs is 1. The molecule has 0 atom stereocenters. The van der Waals surface area contributed by atoms with Crippen molar-refractivity contribution < 1.29 is 19.0 Å². The Labute approximate surface area is 130 Å². The topological polar surface area (TPSA) is 44.8 Å². The summed E-state index contributed by atoms with van der Waals surface area (Å²) < 4.78 is 15.6. The summed E-state index contributed by atoms with van der Waals surface area (Å²) in [6, 6.07) is 7.30. The first-order chi connectivity index (χ1) is 10.2. The SMILES string of the molecule is O=C(/C=C/c1cc(Cl)c2c(c1)OCO2)OCc1cccs1. The summed E-state index contributed by atoms with van der Waals surface area (Å²) in [7, 11) is 0. The monoisotopic (exact) mass is 322 g/mol. The van der Waals surface area contributed by atoms with Crippen LogP contribution in [0.25, 0.3) is 6.08 Å². The molecule has 0 saturated heterocycles. The Hall–Kier alpha value is -1.98. The van der Waals surface area contributed by atoms with Crippen LogP contribution in [-0.2, 0) is 16.1 Å². The summed E-state index contributed by atoms with van der Waals surface area (Å²) >= 11 is 7.61. The molecule has 0 saturated carbocycles. The van der Waals surface area contributed by atoms with Crippen LogP contribution in [0.5, 0.6) is 11.5 Å². The molecule has 1 aliphatic rings. The van der Waals surface area contributed by atoms with E-state index in [0.717, 1.165) is 10.4 Å². The Bertz CT molecular complexity index is 679. The molecule has 0 fully saturated rings. The molecule has 1 aromatic heterocycles. The van der Waals surface area contributed by atoms with E-state index >= 15 is 0 Å². The number of hydrogen-bond donors (Lipinski definition) is 0. The van der Waals surface area contributed by atoms with Crippen LogP contribution >= 0.6 is 22.9 Å². The fourth-order valence-corrected chi connectivity index (χ4v) is 2.72. The Morgan fingerprint density at radius 2 is 2.33 bits per heavy atom. The second kappa shape index (κ2) is 6.20. The molecule has 6 heteroatoms. The Morgan fingerprint density at radius 3 is 3.14 bits per heavy atom. The lowest BCUT2D eigenvalue weighted by Crippen LogP contribution is -1.99. The van der Waals surface area contributed by atoms with E-state index in [0.29, 0.717) is 16.5 Å². The van der Waals surface area contributed by atoms with Gasteiger partial charge in [0.1, 0.15) is 6.61 Å². The molecule has 2 heterocycles. The van der Waals surface area contributed by atoms with E-state index in [1.807, 2.05) is 17.5 Å². The molecule has 1 aliphatic heterocycles. The van der Waals surface area contributed by atoms with Gasteiger partial charge in [-0.1, -0.05) is 17.7 Å². The molecule has 0 aliphatic carbocycles. The maximum Gasteiger partial charge on any atom is 0.331 e. The van der Waals surface area contributed by atoms with Crippen molar-refractivity contribution in [3.63, 3.8) is 0 Å². The maximum absolute atomic E-state index is 11.6. The van der Waals surface area contributed by atoms with Crippen LogP contribution in [0, 0.1) is 0 Å². The minimum Gasteiger partial charge on any atom is -0.457 e. The van der Waals surface area contributed by atoms with Crippen molar-refractivity contribution >= 4 is 35.0 Å². The predicted octanol–water partition coefficient (Wildman–Crippen LogP) is 3.89. The van der Waals surface area contributed by atoms with Crippen molar-refractivity contribution in [2.24, 2.45) is 0 Å². The number of halogens is 1. The average molecular weight is 323 g/mol. The van der Waals surface area contributed by atoms with Gasteiger partial charge in [0.25, 0.3) is 0 Å². The molecule has 21 heavy (non-hydrogen) atoms. The highest BCUT2D eigenvalue weighted by atomic mass is 35.5. The first-order valence-corrected chi connectivity index (χ1v) is 7.44. The average Bonchev–Trinajstić information content (AvgIpc) is 3.14. The van der Waals surface area contributed by atoms with Crippen molar-refractivity contribution in [1.82, 2.24) is 0 Å². The van der Waals surface area contributed by atoms with Gasteiger partial charge in [0.05, 0.1) is 5.02 Å². The standard InChI is InChI=1S/C15H11ClO4S/c16-12-6-10(7-13-15(12)20-9-19-13)3-4-14(17)18-8-11-2-1-5-21-11/h1-7H,8-9H2/b4-3+. The predicted molar refractivity (Wildman–Crippen MR) is 80.7 cm³/mol. The van der Waals surface area contributed by atoms with E-state index in [4.69, 9.17) is 25.8 Å². The van der Waals surface area contributed by atoms with Gasteiger partial charge >= 0.3 is 5.97 Å². The van der Waals surface area contributed by atoms with Crippen molar-refractivity contribution in [2.45, 2.75) is 6.61 Å². The Morgan fingerprint density at radius 1 is 1.43 bits per heavy atom. The molecular weight excluding hydrogens is 312 g/mol. The highest BCUT2D eigenvalue weighted by molar-refractivity contribution is 7.09. The molecule has 1 aromatic carbocycles. The second-order valence-electron chi connectivity index (χ2n) is 4.26. The first kappa shape index (κ1) is 14.0. The lowest BCUT2D eigenvalue weighted by Gasteiger charge is -2.01. The third-order valence-corrected chi connectivity index (χ3v) is 3.93. The zero-order valence-corrected chi connectivity index (χ0v) is 12.4. The summed E-state index contributed by atoms with van der Waals surface area (Å²) in [5.41, 5.74) is 0.748. The van der Waals surface area contributed by atoms with Crippen LogP contribution in [0.3, 0.4) is 0 Å². The van der Waals surface area contributed by atoms with E-state index in [2.05, 4.69) is 0 Å².